The number of nitrogens with one attached hydrogen (secondary N) is 2. The highest BCUT2D eigenvalue weighted by Crippen LogP contribution is 2.33. The number of aromatic nitrogens is 3. The van der Waals surface area contributed by atoms with Gasteiger partial charge in [0.2, 0.25) is 0 Å². The molecule has 3 N–H and O–H groups in total. The average Bonchev–Trinajstić information content (AvgIpc) is 3.23. The van der Waals surface area contributed by atoms with Crippen LogP contribution >= 0.6 is 0 Å². The lowest BCUT2D eigenvalue weighted by atomic mass is 9.99. The van der Waals surface area contributed by atoms with Crippen LogP contribution in [0, 0.1) is 0 Å². The number of fused-ring (bicyclic) bond motifs is 2. The van der Waals surface area contributed by atoms with E-state index in [-0.39, 0.29) is 0 Å². The molecule has 1 aliphatic rings. The van der Waals surface area contributed by atoms with Gasteiger partial charge in [0.1, 0.15) is 12.4 Å². The minimum atomic E-state index is -0.735. The van der Waals surface area contributed by atoms with Gasteiger partial charge in [-0.2, -0.15) is 0 Å². The number of anilines is 3. The average molecular weight is 415 g/mol. The second-order valence-corrected chi connectivity index (χ2v) is 8.43. The molecule has 3 heterocycles. The fraction of sp³-hybridized carbons (Fsp3) is 0.250. The standard InChI is InChI=1S/C24H25N5O2/c1-24(2,30)14-16-3-6-18(7-4-16)27-22-23-26-9-11-29(23)15-20(28-22)17-5-8-21-19(13-17)25-10-12-31-21/h3-9,11,13,15,25,30H,10,12,14H2,1-2H3,(H,27,28). The third kappa shape index (κ3) is 4.18. The van der Waals surface area contributed by atoms with E-state index in [4.69, 9.17) is 9.72 Å². The predicted molar refractivity (Wildman–Crippen MR) is 122 cm³/mol. The van der Waals surface area contributed by atoms with Crippen molar-refractivity contribution >= 4 is 22.8 Å². The van der Waals surface area contributed by atoms with E-state index in [9.17, 15) is 5.11 Å². The first-order chi connectivity index (χ1) is 14.9. The number of nitrogens with zero attached hydrogens (tertiary/aromatic N) is 3. The molecule has 0 saturated carbocycles. The first kappa shape index (κ1) is 19.4. The monoisotopic (exact) mass is 415 g/mol. The Balaban J connectivity index is 1.47. The minimum absolute atomic E-state index is 0.599. The van der Waals surface area contributed by atoms with Gasteiger partial charge in [-0.3, -0.25) is 0 Å². The maximum atomic E-state index is 10.0. The number of imidazole rings is 1. The molecule has 1 aliphatic heterocycles. The fourth-order valence-electron chi connectivity index (χ4n) is 3.80. The van der Waals surface area contributed by atoms with Crippen LogP contribution in [0.2, 0.25) is 0 Å². The maximum Gasteiger partial charge on any atom is 0.180 e. The van der Waals surface area contributed by atoms with Gasteiger partial charge in [-0.05, 0) is 49.7 Å². The first-order valence-electron chi connectivity index (χ1n) is 10.4. The van der Waals surface area contributed by atoms with E-state index in [1.807, 2.05) is 67.0 Å². The van der Waals surface area contributed by atoms with Crippen molar-refractivity contribution in [2.24, 2.45) is 0 Å². The Bertz CT molecular complexity index is 1230. The van der Waals surface area contributed by atoms with Crippen LogP contribution in [0.4, 0.5) is 17.2 Å². The van der Waals surface area contributed by atoms with Gasteiger partial charge in [-0.15, -0.1) is 0 Å². The topological polar surface area (TPSA) is 83.7 Å². The Kier molecular flexibility index (Phi) is 4.75. The molecule has 31 heavy (non-hydrogen) atoms. The van der Waals surface area contributed by atoms with Crippen LogP contribution < -0.4 is 15.4 Å². The molecular formula is C24H25N5O2. The molecule has 5 rings (SSSR count). The summed E-state index contributed by atoms with van der Waals surface area (Å²) >= 11 is 0. The Morgan fingerprint density at radius 2 is 2.03 bits per heavy atom. The number of ether oxygens (including phenoxy) is 1. The lowest BCUT2D eigenvalue weighted by Gasteiger charge is -2.19. The van der Waals surface area contributed by atoms with Gasteiger partial charge in [0.25, 0.3) is 0 Å². The zero-order valence-electron chi connectivity index (χ0n) is 17.6. The second kappa shape index (κ2) is 7.59. The highest BCUT2D eigenvalue weighted by atomic mass is 16.5. The van der Waals surface area contributed by atoms with E-state index >= 15 is 0 Å². The molecule has 0 spiro atoms. The van der Waals surface area contributed by atoms with Crippen molar-refractivity contribution in [1.82, 2.24) is 14.4 Å². The van der Waals surface area contributed by atoms with E-state index in [0.29, 0.717) is 18.8 Å². The molecule has 0 radical (unpaired) electrons. The summed E-state index contributed by atoms with van der Waals surface area (Å²) in [6.07, 6.45) is 6.26. The van der Waals surface area contributed by atoms with Crippen LogP contribution in [0.3, 0.4) is 0 Å². The third-order valence-electron chi connectivity index (χ3n) is 5.18. The molecule has 158 valence electrons. The number of hydrogen-bond acceptors (Lipinski definition) is 6. The largest absolute Gasteiger partial charge is 0.490 e. The Labute approximate surface area is 180 Å². The number of benzene rings is 2. The van der Waals surface area contributed by atoms with Crippen molar-refractivity contribution < 1.29 is 9.84 Å². The predicted octanol–water partition coefficient (Wildman–Crippen LogP) is 4.26. The van der Waals surface area contributed by atoms with Gasteiger partial charge < -0.3 is 24.9 Å². The molecule has 7 heteroatoms. The van der Waals surface area contributed by atoms with E-state index in [1.54, 1.807) is 6.20 Å². The highest BCUT2D eigenvalue weighted by molar-refractivity contribution is 5.76. The van der Waals surface area contributed by atoms with Crippen LogP contribution in [0.1, 0.15) is 19.4 Å². The zero-order chi connectivity index (χ0) is 21.4. The Morgan fingerprint density at radius 3 is 2.84 bits per heavy atom. The van der Waals surface area contributed by atoms with Crippen LogP contribution in [0.15, 0.2) is 61.1 Å². The SMILES string of the molecule is CC(C)(O)Cc1ccc(Nc2nc(-c3ccc4c(c3)NCCO4)cn3ccnc23)cc1. The summed E-state index contributed by atoms with van der Waals surface area (Å²) < 4.78 is 7.66. The van der Waals surface area contributed by atoms with Crippen molar-refractivity contribution in [3.05, 3.63) is 66.6 Å². The molecule has 0 aliphatic carbocycles. The zero-order valence-corrected chi connectivity index (χ0v) is 17.6. The fourth-order valence-corrected chi connectivity index (χ4v) is 3.80. The van der Waals surface area contributed by atoms with Gasteiger partial charge in [0, 0.05) is 42.8 Å². The molecular weight excluding hydrogens is 390 g/mol. The van der Waals surface area contributed by atoms with Crippen LogP contribution in [0.25, 0.3) is 16.9 Å². The number of rotatable bonds is 5. The molecule has 2 aromatic heterocycles. The van der Waals surface area contributed by atoms with Crippen molar-refractivity contribution in [3.8, 4) is 17.0 Å². The van der Waals surface area contributed by atoms with E-state index in [1.165, 1.54) is 0 Å². The van der Waals surface area contributed by atoms with Crippen molar-refractivity contribution in [2.75, 3.05) is 23.8 Å². The van der Waals surface area contributed by atoms with Gasteiger partial charge in [-0.1, -0.05) is 12.1 Å². The Morgan fingerprint density at radius 1 is 1.19 bits per heavy atom. The molecule has 7 nitrogen and oxygen atoms in total. The summed E-state index contributed by atoms with van der Waals surface area (Å²) in [5.41, 5.74) is 4.82. The maximum absolute atomic E-state index is 10.0. The molecule has 0 amide bonds. The lowest BCUT2D eigenvalue weighted by molar-refractivity contribution is 0.0810. The summed E-state index contributed by atoms with van der Waals surface area (Å²) in [5.74, 6) is 1.54. The summed E-state index contributed by atoms with van der Waals surface area (Å²) in [6.45, 7) is 5.09. The summed E-state index contributed by atoms with van der Waals surface area (Å²) in [4.78, 5) is 9.32. The van der Waals surface area contributed by atoms with Crippen molar-refractivity contribution in [1.29, 1.82) is 0 Å². The normalized spacial score (nSPS) is 13.4. The molecule has 4 aromatic rings. The highest BCUT2D eigenvalue weighted by Gasteiger charge is 2.15. The quantitative estimate of drug-likeness (QED) is 0.452. The van der Waals surface area contributed by atoms with Crippen LogP contribution in [-0.2, 0) is 6.42 Å². The lowest BCUT2D eigenvalue weighted by Crippen LogP contribution is -2.21. The van der Waals surface area contributed by atoms with Gasteiger partial charge in [-0.25, -0.2) is 9.97 Å². The molecule has 0 atom stereocenters. The second-order valence-electron chi connectivity index (χ2n) is 8.43. The number of aliphatic hydroxyl groups is 1. The summed E-state index contributed by atoms with van der Waals surface area (Å²) in [5, 5.41) is 16.8. The molecule has 0 saturated heterocycles. The van der Waals surface area contributed by atoms with E-state index in [0.717, 1.165) is 46.1 Å². The third-order valence-corrected chi connectivity index (χ3v) is 5.18. The molecule has 0 fully saturated rings. The number of hydrogen-bond donors (Lipinski definition) is 3. The summed E-state index contributed by atoms with van der Waals surface area (Å²) in [6, 6.07) is 14.1. The van der Waals surface area contributed by atoms with E-state index < -0.39 is 5.60 Å². The first-order valence-corrected chi connectivity index (χ1v) is 10.4. The van der Waals surface area contributed by atoms with Crippen molar-refractivity contribution in [3.63, 3.8) is 0 Å². The van der Waals surface area contributed by atoms with Gasteiger partial charge in [0.05, 0.1) is 17.0 Å². The van der Waals surface area contributed by atoms with E-state index in [2.05, 4.69) is 21.7 Å². The Hall–Kier alpha value is -3.58. The van der Waals surface area contributed by atoms with Crippen LogP contribution in [0.5, 0.6) is 5.75 Å². The minimum Gasteiger partial charge on any atom is -0.490 e. The molecule has 0 bridgehead atoms. The molecule has 0 unspecified atom stereocenters. The van der Waals surface area contributed by atoms with Crippen LogP contribution in [-0.4, -0.2) is 38.2 Å². The summed E-state index contributed by atoms with van der Waals surface area (Å²) in [7, 11) is 0. The van der Waals surface area contributed by atoms with Gasteiger partial charge in [0.15, 0.2) is 11.5 Å². The van der Waals surface area contributed by atoms with Gasteiger partial charge >= 0.3 is 0 Å². The molecule has 2 aromatic carbocycles. The van der Waals surface area contributed by atoms with Crippen molar-refractivity contribution in [2.45, 2.75) is 25.9 Å². The smallest absolute Gasteiger partial charge is 0.180 e.